The number of carboxylic acid groups (broad SMARTS) is 1. The van der Waals surface area contributed by atoms with Gasteiger partial charge in [-0.3, -0.25) is 4.79 Å². The summed E-state index contributed by atoms with van der Waals surface area (Å²) in [5.74, 6) is -2.29. The number of rotatable bonds is 4. The average Bonchev–Trinajstić information content (AvgIpc) is 2.18. The Morgan fingerprint density at radius 2 is 1.80 bits per heavy atom. The Bertz CT molecular complexity index is 330. The minimum absolute atomic E-state index is 0.488. The van der Waals surface area contributed by atoms with Crippen molar-refractivity contribution in [2.75, 3.05) is 0 Å². The Balaban J connectivity index is 2.99. The number of nitrogens with two attached hydrogens (primary N) is 1. The van der Waals surface area contributed by atoms with Crippen LogP contribution in [0.2, 0.25) is 0 Å². The molecule has 5 N–H and O–H groups in total. The summed E-state index contributed by atoms with van der Waals surface area (Å²) in [5.41, 5.74) is 5.86. The second-order valence-corrected chi connectivity index (χ2v) is 3.21. The summed E-state index contributed by atoms with van der Waals surface area (Å²) in [7, 11) is -1.79. The summed E-state index contributed by atoms with van der Waals surface area (Å²) in [6.45, 7) is 0. The maximum Gasteiger partial charge on any atom is 0.461 e. The van der Waals surface area contributed by atoms with Gasteiger partial charge in [-0.25, -0.2) is 0 Å². The lowest BCUT2D eigenvalue weighted by molar-refractivity contribution is -0.138. The van der Waals surface area contributed by atoms with Crippen LogP contribution in [0.4, 0.5) is 0 Å². The lowest BCUT2D eigenvalue weighted by Crippen LogP contribution is -2.44. The van der Waals surface area contributed by atoms with Crippen molar-refractivity contribution in [3.63, 3.8) is 0 Å². The van der Waals surface area contributed by atoms with Gasteiger partial charge in [0.25, 0.3) is 0 Å². The third-order valence-electron chi connectivity index (χ3n) is 2.18. The van der Waals surface area contributed by atoms with E-state index >= 15 is 0 Å². The largest absolute Gasteiger partial charge is 0.480 e. The van der Waals surface area contributed by atoms with Gasteiger partial charge in [-0.15, -0.1) is 0 Å². The molecule has 0 aromatic heterocycles. The summed E-state index contributed by atoms with van der Waals surface area (Å²) in [4.78, 5) is 10.7. The summed E-state index contributed by atoms with van der Waals surface area (Å²) in [6, 6.07) is 6.97. The van der Waals surface area contributed by atoms with Gasteiger partial charge in [0.1, 0.15) is 6.04 Å². The zero-order valence-corrected chi connectivity index (χ0v) is 7.95. The van der Waals surface area contributed by atoms with Gasteiger partial charge in [0.05, 0.1) is 0 Å². The van der Waals surface area contributed by atoms with Gasteiger partial charge in [-0.05, 0) is 5.56 Å². The van der Waals surface area contributed by atoms with Crippen LogP contribution < -0.4 is 5.73 Å². The SMILES string of the molecule is N[C@H](C(=O)O)C(B(O)O)c1ccccc1. The number of aliphatic carboxylic acids is 1. The smallest absolute Gasteiger partial charge is 0.461 e. The Morgan fingerprint density at radius 1 is 1.27 bits per heavy atom. The molecular formula is C9H12BNO4. The van der Waals surface area contributed by atoms with Gasteiger partial charge in [0, 0.05) is 5.82 Å². The lowest BCUT2D eigenvalue weighted by Gasteiger charge is -2.19. The molecule has 80 valence electrons. The van der Waals surface area contributed by atoms with E-state index in [1.54, 1.807) is 30.3 Å². The van der Waals surface area contributed by atoms with E-state index in [9.17, 15) is 4.79 Å². The monoisotopic (exact) mass is 209 g/mol. The Hall–Kier alpha value is -1.37. The number of carbonyl (C=O) groups is 1. The number of benzene rings is 1. The molecule has 0 aliphatic heterocycles. The van der Waals surface area contributed by atoms with E-state index in [-0.39, 0.29) is 0 Å². The summed E-state index contributed by atoms with van der Waals surface area (Å²) >= 11 is 0. The van der Waals surface area contributed by atoms with Crippen molar-refractivity contribution in [2.45, 2.75) is 11.9 Å². The molecule has 1 rings (SSSR count). The summed E-state index contributed by atoms with van der Waals surface area (Å²) in [5, 5.41) is 26.9. The molecule has 0 saturated carbocycles. The molecule has 1 aromatic rings. The van der Waals surface area contributed by atoms with Crippen LogP contribution in [-0.2, 0) is 4.79 Å². The lowest BCUT2D eigenvalue weighted by atomic mass is 9.65. The van der Waals surface area contributed by atoms with Crippen molar-refractivity contribution in [1.82, 2.24) is 0 Å². The predicted molar refractivity (Wildman–Crippen MR) is 55.0 cm³/mol. The second kappa shape index (κ2) is 4.93. The van der Waals surface area contributed by atoms with E-state index in [0.717, 1.165) is 0 Å². The fourth-order valence-corrected chi connectivity index (χ4v) is 1.39. The second-order valence-electron chi connectivity index (χ2n) is 3.21. The molecule has 1 unspecified atom stereocenters. The maximum absolute atomic E-state index is 10.7. The molecule has 6 heteroatoms. The summed E-state index contributed by atoms with van der Waals surface area (Å²) < 4.78 is 0. The Kier molecular flexibility index (Phi) is 3.84. The molecule has 5 nitrogen and oxygen atoms in total. The standard InChI is InChI=1S/C9H12BNO4/c11-8(9(12)13)7(10(14)15)6-4-2-1-3-5-6/h1-5,7-8,14-15H,11H2,(H,12,13)/t7?,8-/m0/s1. The van der Waals surface area contributed by atoms with Gasteiger partial charge in [-0.2, -0.15) is 0 Å². The van der Waals surface area contributed by atoms with Crippen LogP contribution in [0, 0.1) is 0 Å². The zero-order valence-electron chi connectivity index (χ0n) is 7.95. The van der Waals surface area contributed by atoms with Crippen LogP contribution in [0.25, 0.3) is 0 Å². The molecule has 0 aliphatic carbocycles. The van der Waals surface area contributed by atoms with Crippen LogP contribution >= 0.6 is 0 Å². The van der Waals surface area contributed by atoms with Gasteiger partial charge < -0.3 is 20.9 Å². The Morgan fingerprint density at radius 3 is 2.20 bits per heavy atom. The van der Waals surface area contributed by atoms with Crippen LogP contribution in [0.5, 0.6) is 0 Å². The van der Waals surface area contributed by atoms with Crippen LogP contribution in [-0.4, -0.2) is 34.3 Å². The topological polar surface area (TPSA) is 104 Å². The zero-order chi connectivity index (χ0) is 11.4. The van der Waals surface area contributed by atoms with E-state index in [1.165, 1.54) is 0 Å². The molecule has 2 atom stereocenters. The van der Waals surface area contributed by atoms with Crippen molar-refractivity contribution < 1.29 is 19.9 Å². The number of carboxylic acids is 1. The quantitative estimate of drug-likeness (QED) is 0.485. The highest BCUT2D eigenvalue weighted by molar-refractivity contribution is 6.44. The predicted octanol–water partition coefficient (Wildman–Crippen LogP) is -0.806. The van der Waals surface area contributed by atoms with Gasteiger partial charge in [0.15, 0.2) is 0 Å². The minimum Gasteiger partial charge on any atom is -0.480 e. The van der Waals surface area contributed by atoms with Crippen molar-refractivity contribution >= 4 is 13.1 Å². The van der Waals surface area contributed by atoms with Crippen LogP contribution in [0.15, 0.2) is 30.3 Å². The average molecular weight is 209 g/mol. The molecule has 0 radical (unpaired) electrons. The van der Waals surface area contributed by atoms with Crippen LogP contribution in [0.1, 0.15) is 11.4 Å². The van der Waals surface area contributed by atoms with E-state index in [1.807, 2.05) is 0 Å². The maximum atomic E-state index is 10.7. The first kappa shape index (κ1) is 11.7. The molecule has 15 heavy (non-hydrogen) atoms. The van der Waals surface area contributed by atoms with Gasteiger partial charge in [-0.1, -0.05) is 30.3 Å². The van der Waals surface area contributed by atoms with E-state index in [0.29, 0.717) is 5.56 Å². The summed E-state index contributed by atoms with van der Waals surface area (Å²) in [6.07, 6.45) is 0. The highest BCUT2D eigenvalue weighted by atomic mass is 16.4. The first-order valence-corrected chi connectivity index (χ1v) is 4.43. The molecule has 0 bridgehead atoms. The van der Waals surface area contributed by atoms with Gasteiger partial charge in [0.2, 0.25) is 0 Å². The fraction of sp³-hybridized carbons (Fsp3) is 0.222. The number of hydrogen-bond donors (Lipinski definition) is 4. The van der Waals surface area contributed by atoms with Gasteiger partial charge >= 0.3 is 13.1 Å². The Labute approximate surface area is 87.3 Å². The molecule has 0 aliphatic rings. The van der Waals surface area contributed by atoms with E-state index in [4.69, 9.17) is 20.9 Å². The minimum atomic E-state index is -1.79. The van der Waals surface area contributed by atoms with E-state index < -0.39 is 24.9 Å². The molecule has 0 spiro atoms. The van der Waals surface area contributed by atoms with Crippen molar-refractivity contribution in [3.8, 4) is 0 Å². The highest BCUT2D eigenvalue weighted by Crippen LogP contribution is 2.19. The van der Waals surface area contributed by atoms with E-state index in [2.05, 4.69) is 0 Å². The molecule has 1 aromatic carbocycles. The molecular weight excluding hydrogens is 197 g/mol. The highest BCUT2D eigenvalue weighted by Gasteiger charge is 2.35. The van der Waals surface area contributed by atoms with Crippen molar-refractivity contribution in [3.05, 3.63) is 35.9 Å². The fourth-order valence-electron chi connectivity index (χ4n) is 1.39. The normalized spacial score (nSPS) is 14.3. The third kappa shape index (κ3) is 2.79. The van der Waals surface area contributed by atoms with Crippen LogP contribution in [0.3, 0.4) is 0 Å². The first-order chi connectivity index (χ1) is 7.04. The third-order valence-corrected chi connectivity index (χ3v) is 2.18. The number of hydrogen-bond acceptors (Lipinski definition) is 4. The first-order valence-electron chi connectivity index (χ1n) is 4.43. The molecule has 0 fully saturated rings. The van der Waals surface area contributed by atoms with Crippen molar-refractivity contribution in [2.24, 2.45) is 5.73 Å². The molecule has 0 saturated heterocycles. The molecule has 0 heterocycles. The molecule has 0 amide bonds. The van der Waals surface area contributed by atoms with Crippen molar-refractivity contribution in [1.29, 1.82) is 0 Å².